The standard InChI is InChI=1S/C9H16N2O3/c1-4-6-11(3)8(12)7(10)9(13)14-5-2/h4,7H,1,5-6,10H2,2-3H3. The lowest BCUT2D eigenvalue weighted by Crippen LogP contribution is -2.47. The van der Waals surface area contributed by atoms with Crippen LogP contribution in [0.15, 0.2) is 12.7 Å². The summed E-state index contributed by atoms with van der Waals surface area (Å²) in [6.07, 6.45) is 1.55. The SMILES string of the molecule is C=CCN(C)C(=O)C(N)C(=O)OCC. The summed E-state index contributed by atoms with van der Waals surface area (Å²) in [5.74, 6) is -1.17. The summed E-state index contributed by atoms with van der Waals surface area (Å²) >= 11 is 0. The van der Waals surface area contributed by atoms with E-state index in [9.17, 15) is 9.59 Å². The number of amides is 1. The van der Waals surface area contributed by atoms with E-state index in [-0.39, 0.29) is 6.61 Å². The van der Waals surface area contributed by atoms with Gasteiger partial charge in [-0.15, -0.1) is 6.58 Å². The Balaban J connectivity index is 4.23. The van der Waals surface area contributed by atoms with Crippen LogP contribution < -0.4 is 5.73 Å². The minimum absolute atomic E-state index is 0.213. The monoisotopic (exact) mass is 200 g/mol. The maximum atomic E-state index is 11.4. The van der Waals surface area contributed by atoms with Crippen LogP contribution in [0.2, 0.25) is 0 Å². The number of nitrogens with two attached hydrogens (primary N) is 1. The summed E-state index contributed by atoms with van der Waals surface area (Å²) in [4.78, 5) is 23.8. The molecular formula is C9H16N2O3. The Hall–Kier alpha value is -1.36. The quantitative estimate of drug-likeness (QED) is 0.369. The van der Waals surface area contributed by atoms with Crippen molar-refractivity contribution < 1.29 is 14.3 Å². The van der Waals surface area contributed by atoms with Crippen molar-refractivity contribution in [3.63, 3.8) is 0 Å². The minimum atomic E-state index is -1.24. The third-order valence-electron chi connectivity index (χ3n) is 1.59. The van der Waals surface area contributed by atoms with Crippen molar-refractivity contribution in [2.24, 2.45) is 5.73 Å². The predicted molar refractivity (Wildman–Crippen MR) is 52.4 cm³/mol. The van der Waals surface area contributed by atoms with E-state index in [1.54, 1.807) is 20.0 Å². The van der Waals surface area contributed by atoms with Crippen LogP contribution in [0, 0.1) is 0 Å². The molecule has 0 aliphatic carbocycles. The Morgan fingerprint density at radius 2 is 2.21 bits per heavy atom. The lowest BCUT2D eigenvalue weighted by atomic mass is 10.3. The first-order valence-electron chi connectivity index (χ1n) is 4.32. The molecule has 5 heteroatoms. The number of nitrogens with zero attached hydrogens (tertiary/aromatic N) is 1. The minimum Gasteiger partial charge on any atom is -0.464 e. The van der Waals surface area contributed by atoms with Crippen molar-refractivity contribution in [2.45, 2.75) is 13.0 Å². The molecule has 1 amide bonds. The van der Waals surface area contributed by atoms with Crippen molar-refractivity contribution in [3.8, 4) is 0 Å². The zero-order valence-corrected chi connectivity index (χ0v) is 8.53. The molecule has 0 saturated heterocycles. The highest BCUT2D eigenvalue weighted by molar-refractivity contribution is 6.01. The molecule has 0 spiro atoms. The zero-order chi connectivity index (χ0) is 11.1. The van der Waals surface area contributed by atoms with Crippen LogP contribution in [-0.2, 0) is 14.3 Å². The summed E-state index contributed by atoms with van der Waals surface area (Å²) in [6, 6.07) is -1.24. The van der Waals surface area contributed by atoms with Gasteiger partial charge >= 0.3 is 5.97 Å². The van der Waals surface area contributed by atoms with Crippen molar-refractivity contribution >= 4 is 11.9 Å². The number of hydrogen-bond donors (Lipinski definition) is 1. The fraction of sp³-hybridized carbons (Fsp3) is 0.556. The summed E-state index contributed by atoms with van der Waals surface area (Å²) in [5.41, 5.74) is 5.38. The molecular weight excluding hydrogens is 184 g/mol. The molecule has 0 saturated carbocycles. The number of esters is 1. The highest BCUT2D eigenvalue weighted by Crippen LogP contribution is 1.93. The molecule has 0 bridgehead atoms. The van der Waals surface area contributed by atoms with Crippen LogP contribution in [0.25, 0.3) is 0 Å². The Morgan fingerprint density at radius 3 is 2.64 bits per heavy atom. The normalized spacial score (nSPS) is 11.6. The van der Waals surface area contributed by atoms with Gasteiger partial charge in [-0.2, -0.15) is 0 Å². The van der Waals surface area contributed by atoms with E-state index in [1.807, 2.05) is 0 Å². The summed E-state index contributed by atoms with van der Waals surface area (Å²) in [5, 5.41) is 0. The second-order valence-corrected chi connectivity index (χ2v) is 2.74. The van der Waals surface area contributed by atoms with E-state index >= 15 is 0 Å². The highest BCUT2D eigenvalue weighted by atomic mass is 16.5. The Kier molecular flexibility index (Phi) is 5.55. The van der Waals surface area contributed by atoms with Crippen LogP contribution >= 0.6 is 0 Å². The molecule has 0 aromatic carbocycles. The van der Waals surface area contributed by atoms with E-state index in [1.165, 1.54) is 4.90 Å². The van der Waals surface area contributed by atoms with Crippen molar-refractivity contribution in [3.05, 3.63) is 12.7 Å². The topological polar surface area (TPSA) is 72.6 Å². The molecule has 0 fully saturated rings. The Morgan fingerprint density at radius 1 is 1.64 bits per heavy atom. The van der Waals surface area contributed by atoms with Crippen LogP contribution in [0.4, 0.5) is 0 Å². The van der Waals surface area contributed by atoms with Crippen molar-refractivity contribution in [2.75, 3.05) is 20.2 Å². The fourth-order valence-corrected chi connectivity index (χ4v) is 0.854. The predicted octanol–water partition coefficient (Wildman–Crippen LogP) is -0.479. The van der Waals surface area contributed by atoms with Gasteiger partial charge in [0.1, 0.15) is 0 Å². The third kappa shape index (κ3) is 3.57. The average molecular weight is 200 g/mol. The number of carbonyl (C=O) groups is 2. The molecule has 1 atom stereocenters. The third-order valence-corrected chi connectivity index (χ3v) is 1.59. The maximum absolute atomic E-state index is 11.4. The van der Waals surface area contributed by atoms with Gasteiger partial charge < -0.3 is 15.4 Å². The van der Waals surface area contributed by atoms with Gasteiger partial charge in [0.25, 0.3) is 5.91 Å². The Labute approximate surface area is 83.5 Å². The number of hydrogen-bond acceptors (Lipinski definition) is 4. The second-order valence-electron chi connectivity index (χ2n) is 2.74. The highest BCUT2D eigenvalue weighted by Gasteiger charge is 2.25. The van der Waals surface area contributed by atoms with Crippen LogP contribution in [-0.4, -0.2) is 43.0 Å². The van der Waals surface area contributed by atoms with Crippen LogP contribution in [0.3, 0.4) is 0 Å². The van der Waals surface area contributed by atoms with Crippen LogP contribution in [0.5, 0.6) is 0 Å². The van der Waals surface area contributed by atoms with E-state index < -0.39 is 17.9 Å². The molecule has 80 valence electrons. The largest absolute Gasteiger partial charge is 0.464 e. The van der Waals surface area contributed by atoms with Gasteiger partial charge in [0.15, 0.2) is 6.04 Å². The first-order valence-corrected chi connectivity index (χ1v) is 4.32. The molecule has 0 aromatic heterocycles. The zero-order valence-electron chi connectivity index (χ0n) is 8.53. The smallest absolute Gasteiger partial charge is 0.332 e. The van der Waals surface area contributed by atoms with Gasteiger partial charge in [0, 0.05) is 13.6 Å². The molecule has 1 unspecified atom stereocenters. The molecule has 0 aromatic rings. The van der Waals surface area contributed by atoms with E-state index in [0.717, 1.165) is 0 Å². The van der Waals surface area contributed by atoms with E-state index in [2.05, 4.69) is 11.3 Å². The number of rotatable bonds is 5. The van der Waals surface area contributed by atoms with Gasteiger partial charge in [-0.25, -0.2) is 4.79 Å². The molecule has 5 nitrogen and oxygen atoms in total. The first-order chi connectivity index (χ1) is 6.54. The number of ether oxygens (including phenoxy) is 1. The molecule has 0 heterocycles. The first kappa shape index (κ1) is 12.6. The molecule has 0 aliphatic rings. The van der Waals surface area contributed by atoms with Gasteiger partial charge in [-0.1, -0.05) is 6.08 Å². The molecule has 0 aliphatic heterocycles. The molecule has 0 radical (unpaired) electrons. The summed E-state index contributed by atoms with van der Waals surface area (Å²) in [6.45, 7) is 5.69. The summed E-state index contributed by atoms with van der Waals surface area (Å²) < 4.78 is 4.62. The van der Waals surface area contributed by atoms with Crippen molar-refractivity contribution in [1.29, 1.82) is 0 Å². The van der Waals surface area contributed by atoms with Gasteiger partial charge in [-0.3, -0.25) is 4.79 Å². The van der Waals surface area contributed by atoms with Crippen molar-refractivity contribution in [1.82, 2.24) is 4.90 Å². The fourth-order valence-electron chi connectivity index (χ4n) is 0.854. The second kappa shape index (κ2) is 6.15. The maximum Gasteiger partial charge on any atom is 0.332 e. The molecule has 2 N–H and O–H groups in total. The average Bonchev–Trinajstić information content (AvgIpc) is 2.16. The van der Waals surface area contributed by atoms with Gasteiger partial charge in [0.2, 0.25) is 0 Å². The Bertz CT molecular complexity index is 228. The molecule has 0 rings (SSSR count). The van der Waals surface area contributed by atoms with Gasteiger partial charge in [-0.05, 0) is 6.92 Å². The van der Waals surface area contributed by atoms with Crippen LogP contribution in [0.1, 0.15) is 6.92 Å². The van der Waals surface area contributed by atoms with E-state index in [0.29, 0.717) is 6.54 Å². The lowest BCUT2D eigenvalue weighted by molar-refractivity contribution is -0.150. The lowest BCUT2D eigenvalue weighted by Gasteiger charge is -2.18. The van der Waals surface area contributed by atoms with Gasteiger partial charge in [0.05, 0.1) is 6.61 Å². The number of likely N-dealkylation sites (N-methyl/N-ethyl adjacent to an activating group) is 1. The summed E-state index contributed by atoms with van der Waals surface area (Å²) in [7, 11) is 1.54. The number of carbonyl (C=O) groups excluding carboxylic acids is 2. The van der Waals surface area contributed by atoms with E-state index in [4.69, 9.17) is 5.73 Å². The molecule has 14 heavy (non-hydrogen) atoms.